The third-order valence-corrected chi connectivity index (χ3v) is 8.07. The van der Waals surface area contributed by atoms with Crippen LogP contribution in [0.1, 0.15) is 35.1 Å². The summed E-state index contributed by atoms with van der Waals surface area (Å²) in [5.41, 5.74) is 3.55. The third kappa shape index (κ3) is 4.17. The molecule has 0 amide bonds. The summed E-state index contributed by atoms with van der Waals surface area (Å²) in [5.74, 6) is 0. The summed E-state index contributed by atoms with van der Waals surface area (Å²) in [7, 11) is -7.35. The predicted octanol–water partition coefficient (Wildman–Crippen LogP) is 3.16. The summed E-state index contributed by atoms with van der Waals surface area (Å²) in [6, 6.07) is 7.73. The van der Waals surface area contributed by atoms with Gasteiger partial charge in [-0.25, -0.2) is 21.6 Å². The van der Waals surface area contributed by atoms with Gasteiger partial charge in [-0.05, 0) is 87.1 Å². The van der Waals surface area contributed by atoms with Gasteiger partial charge in [0.1, 0.15) is 0 Å². The number of nitrogens with one attached hydrogen (secondary N) is 2. The van der Waals surface area contributed by atoms with E-state index in [0.29, 0.717) is 16.8 Å². The Hall–Kier alpha value is -1.90. The molecule has 1 aliphatic rings. The van der Waals surface area contributed by atoms with Crippen molar-refractivity contribution in [2.75, 3.05) is 4.72 Å². The molecule has 3 rings (SSSR count). The van der Waals surface area contributed by atoms with Crippen molar-refractivity contribution in [3.63, 3.8) is 0 Å². The Kier molecular flexibility index (Phi) is 5.09. The van der Waals surface area contributed by atoms with E-state index in [1.54, 1.807) is 13.8 Å². The molecule has 1 saturated carbocycles. The van der Waals surface area contributed by atoms with Crippen molar-refractivity contribution in [2.24, 2.45) is 0 Å². The Morgan fingerprint density at radius 1 is 0.815 bits per heavy atom. The molecule has 27 heavy (non-hydrogen) atoms. The van der Waals surface area contributed by atoms with Gasteiger partial charge in [-0.3, -0.25) is 4.72 Å². The zero-order valence-corrected chi connectivity index (χ0v) is 17.5. The zero-order chi connectivity index (χ0) is 20.0. The maximum atomic E-state index is 12.9. The van der Waals surface area contributed by atoms with Gasteiger partial charge in [0.15, 0.2) is 0 Å². The Morgan fingerprint density at radius 3 is 1.81 bits per heavy atom. The second-order valence-corrected chi connectivity index (χ2v) is 10.4. The fourth-order valence-corrected chi connectivity index (χ4v) is 5.96. The van der Waals surface area contributed by atoms with Crippen LogP contribution >= 0.6 is 0 Å². The minimum absolute atomic E-state index is 0.0173. The van der Waals surface area contributed by atoms with Crippen LogP contribution in [0.5, 0.6) is 0 Å². The maximum absolute atomic E-state index is 12.9. The lowest BCUT2D eigenvalue weighted by Crippen LogP contribution is -2.25. The average Bonchev–Trinajstić information content (AvgIpc) is 3.36. The first-order chi connectivity index (χ1) is 12.5. The van der Waals surface area contributed by atoms with Crippen LogP contribution in [0.2, 0.25) is 0 Å². The van der Waals surface area contributed by atoms with Crippen LogP contribution in [0.3, 0.4) is 0 Å². The monoisotopic (exact) mass is 408 g/mol. The molecule has 2 aromatic carbocycles. The fourth-order valence-electron chi connectivity index (χ4n) is 2.98. The topological polar surface area (TPSA) is 92.3 Å². The molecule has 6 nitrogen and oxygen atoms in total. The Morgan fingerprint density at radius 2 is 1.33 bits per heavy atom. The molecule has 8 heteroatoms. The molecule has 1 aliphatic carbocycles. The fraction of sp³-hybridized carbons (Fsp3) is 0.368. The summed E-state index contributed by atoms with van der Waals surface area (Å²) < 4.78 is 55.5. The van der Waals surface area contributed by atoms with E-state index in [1.807, 2.05) is 19.9 Å². The van der Waals surface area contributed by atoms with Crippen LogP contribution < -0.4 is 9.44 Å². The number of anilines is 1. The van der Waals surface area contributed by atoms with Crippen molar-refractivity contribution < 1.29 is 16.8 Å². The predicted molar refractivity (Wildman–Crippen MR) is 106 cm³/mol. The van der Waals surface area contributed by atoms with Gasteiger partial charge in [0.05, 0.1) is 9.79 Å². The summed E-state index contributed by atoms with van der Waals surface area (Å²) in [5, 5.41) is 0. The standard InChI is InChI=1S/C19H24N2O4S2/c1-12-11-13(2)15(4)19(14(12)3)27(24,25)21-17-7-9-18(10-8-17)26(22,23)20-16-5-6-16/h7-11,16,20-21H,5-6H2,1-4H3. The molecule has 0 radical (unpaired) electrons. The molecule has 0 atom stereocenters. The van der Waals surface area contributed by atoms with E-state index < -0.39 is 20.0 Å². The molecule has 0 aliphatic heterocycles. The SMILES string of the molecule is Cc1cc(C)c(C)c(S(=O)(=O)Nc2ccc(S(=O)(=O)NC3CC3)cc2)c1C. The second-order valence-electron chi connectivity index (χ2n) is 7.11. The van der Waals surface area contributed by atoms with E-state index >= 15 is 0 Å². The maximum Gasteiger partial charge on any atom is 0.262 e. The van der Waals surface area contributed by atoms with Crippen molar-refractivity contribution in [3.05, 3.63) is 52.6 Å². The molecule has 0 saturated heterocycles. The number of sulfonamides is 2. The van der Waals surface area contributed by atoms with E-state index in [9.17, 15) is 16.8 Å². The van der Waals surface area contributed by atoms with Crippen molar-refractivity contribution in [1.82, 2.24) is 4.72 Å². The van der Waals surface area contributed by atoms with E-state index in [0.717, 1.165) is 24.0 Å². The van der Waals surface area contributed by atoms with Crippen LogP contribution in [0.4, 0.5) is 5.69 Å². The third-order valence-electron chi connectivity index (χ3n) is 4.88. The Balaban J connectivity index is 1.89. The normalized spacial score (nSPS) is 15.0. The first-order valence-electron chi connectivity index (χ1n) is 8.74. The molecular formula is C19H24N2O4S2. The number of hydrogen-bond donors (Lipinski definition) is 2. The molecule has 2 aromatic rings. The highest BCUT2D eigenvalue weighted by molar-refractivity contribution is 7.92. The number of rotatable bonds is 6. The van der Waals surface area contributed by atoms with Gasteiger partial charge in [-0.1, -0.05) is 6.07 Å². The lowest BCUT2D eigenvalue weighted by Gasteiger charge is -2.17. The average molecular weight is 409 g/mol. The molecule has 0 bridgehead atoms. The van der Waals surface area contributed by atoms with Gasteiger partial charge >= 0.3 is 0 Å². The van der Waals surface area contributed by atoms with Crippen LogP contribution in [0.15, 0.2) is 40.1 Å². The van der Waals surface area contributed by atoms with Crippen molar-refractivity contribution in [3.8, 4) is 0 Å². The molecular weight excluding hydrogens is 384 g/mol. The highest BCUT2D eigenvalue weighted by Gasteiger charge is 2.28. The van der Waals surface area contributed by atoms with Crippen LogP contribution in [0.25, 0.3) is 0 Å². The summed E-state index contributed by atoms with van der Waals surface area (Å²) >= 11 is 0. The Bertz CT molecular complexity index is 1060. The molecule has 0 unspecified atom stereocenters. The molecule has 0 aromatic heterocycles. The van der Waals surface area contributed by atoms with E-state index in [2.05, 4.69) is 9.44 Å². The van der Waals surface area contributed by atoms with Crippen LogP contribution in [0, 0.1) is 27.7 Å². The first-order valence-corrected chi connectivity index (χ1v) is 11.7. The lowest BCUT2D eigenvalue weighted by atomic mass is 10.0. The van der Waals surface area contributed by atoms with Gasteiger partial charge in [-0.15, -0.1) is 0 Å². The molecule has 0 heterocycles. The largest absolute Gasteiger partial charge is 0.280 e. The van der Waals surface area contributed by atoms with Crippen LogP contribution in [-0.2, 0) is 20.0 Å². The van der Waals surface area contributed by atoms with Crippen molar-refractivity contribution in [1.29, 1.82) is 0 Å². The second kappa shape index (κ2) is 6.92. The zero-order valence-electron chi connectivity index (χ0n) is 15.8. The van der Waals surface area contributed by atoms with Gasteiger partial charge in [0.25, 0.3) is 10.0 Å². The minimum Gasteiger partial charge on any atom is -0.280 e. The Labute approximate surface area is 161 Å². The quantitative estimate of drug-likeness (QED) is 0.768. The minimum atomic E-state index is -3.79. The summed E-state index contributed by atoms with van der Waals surface area (Å²) in [6.45, 7) is 7.34. The van der Waals surface area contributed by atoms with Gasteiger partial charge in [-0.2, -0.15) is 0 Å². The molecule has 146 valence electrons. The van der Waals surface area contributed by atoms with E-state index in [4.69, 9.17) is 0 Å². The van der Waals surface area contributed by atoms with Gasteiger partial charge in [0.2, 0.25) is 10.0 Å². The number of benzene rings is 2. The van der Waals surface area contributed by atoms with Crippen LogP contribution in [-0.4, -0.2) is 22.9 Å². The van der Waals surface area contributed by atoms with Crippen molar-refractivity contribution in [2.45, 2.75) is 56.4 Å². The van der Waals surface area contributed by atoms with Gasteiger partial charge in [0, 0.05) is 11.7 Å². The summed E-state index contributed by atoms with van der Waals surface area (Å²) in [6.07, 6.45) is 1.71. The van der Waals surface area contributed by atoms with E-state index in [-0.39, 0.29) is 15.8 Å². The van der Waals surface area contributed by atoms with E-state index in [1.165, 1.54) is 24.3 Å². The number of aryl methyl sites for hydroxylation is 2. The lowest BCUT2D eigenvalue weighted by molar-refractivity contribution is 0.581. The van der Waals surface area contributed by atoms with Gasteiger partial charge < -0.3 is 0 Å². The molecule has 1 fully saturated rings. The highest BCUT2D eigenvalue weighted by atomic mass is 32.2. The van der Waals surface area contributed by atoms with Crippen molar-refractivity contribution >= 4 is 25.7 Å². The molecule has 2 N–H and O–H groups in total. The number of hydrogen-bond acceptors (Lipinski definition) is 4. The highest BCUT2D eigenvalue weighted by Crippen LogP contribution is 2.28. The smallest absolute Gasteiger partial charge is 0.262 e. The summed E-state index contributed by atoms with van der Waals surface area (Å²) in [4.78, 5) is 0.392. The first kappa shape index (κ1) is 19.9. The molecule has 0 spiro atoms.